The van der Waals surface area contributed by atoms with E-state index in [2.05, 4.69) is 5.32 Å². The van der Waals surface area contributed by atoms with E-state index < -0.39 is 5.91 Å². The van der Waals surface area contributed by atoms with Crippen molar-refractivity contribution in [2.24, 2.45) is 5.73 Å². The average molecular weight is 314 g/mol. The molecule has 2 aromatic rings. The van der Waals surface area contributed by atoms with Crippen molar-refractivity contribution in [1.82, 2.24) is 0 Å². The average Bonchev–Trinajstić information content (AvgIpc) is 2.50. The molecule has 0 aliphatic carbocycles. The molecule has 0 aromatic heterocycles. The van der Waals surface area contributed by atoms with E-state index in [9.17, 15) is 9.59 Å². The van der Waals surface area contributed by atoms with Gasteiger partial charge in [-0.25, -0.2) is 0 Å². The predicted octanol–water partition coefficient (Wildman–Crippen LogP) is 2.97. The van der Waals surface area contributed by atoms with Gasteiger partial charge in [-0.05, 0) is 30.2 Å². The van der Waals surface area contributed by atoms with E-state index in [0.29, 0.717) is 22.6 Å². The monoisotopic (exact) mass is 314 g/mol. The summed E-state index contributed by atoms with van der Waals surface area (Å²) in [6.45, 7) is 1.77. The Balaban J connectivity index is 1.90. The number of primary amides is 1. The van der Waals surface area contributed by atoms with Crippen LogP contribution in [0.15, 0.2) is 48.5 Å². The Morgan fingerprint density at radius 3 is 2.50 bits per heavy atom. The largest absolute Gasteiger partial charge is 0.366 e. The van der Waals surface area contributed by atoms with Gasteiger partial charge in [-0.3, -0.25) is 9.59 Å². The fourth-order valence-electron chi connectivity index (χ4n) is 2.06. The minimum atomic E-state index is -0.493. The van der Waals surface area contributed by atoms with Gasteiger partial charge in [0.25, 0.3) is 0 Å². The van der Waals surface area contributed by atoms with Gasteiger partial charge in [-0.2, -0.15) is 0 Å². The summed E-state index contributed by atoms with van der Waals surface area (Å²) >= 11 is 1.55. The molecule has 22 heavy (non-hydrogen) atoms. The van der Waals surface area contributed by atoms with Gasteiger partial charge < -0.3 is 11.1 Å². The molecule has 114 valence electrons. The van der Waals surface area contributed by atoms with Gasteiger partial charge in [-0.15, -0.1) is 11.8 Å². The van der Waals surface area contributed by atoms with Crippen molar-refractivity contribution >= 4 is 29.3 Å². The lowest BCUT2D eigenvalue weighted by Crippen LogP contribution is -2.18. The molecular weight excluding hydrogens is 296 g/mol. The molecule has 0 spiro atoms. The highest BCUT2D eigenvalue weighted by molar-refractivity contribution is 7.99. The van der Waals surface area contributed by atoms with Crippen molar-refractivity contribution in [3.05, 3.63) is 65.2 Å². The van der Waals surface area contributed by atoms with E-state index in [1.165, 1.54) is 5.56 Å². The SMILES string of the molecule is Cc1c(NC(=O)CSCc2ccccc2)cccc1C(N)=O. The lowest BCUT2D eigenvalue weighted by Gasteiger charge is -2.10. The summed E-state index contributed by atoms with van der Waals surface area (Å²) in [5.41, 5.74) is 8.23. The van der Waals surface area contributed by atoms with Crippen LogP contribution in [0.1, 0.15) is 21.5 Å². The first-order chi connectivity index (χ1) is 10.6. The molecule has 2 rings (SSSR count). The topological polar surface area (TPSA) is 72.2 Å². The summed E-state index contributed by atoms with van der Waals surface area (Å²) < 4.78 is 0. The molecule has 0 saturated heterocycles. The van der Waals surface area contributed by atoms with Gasteiger partial charge in [0.15, 0.2) is 0 Å². The molecule has 2 aromatic carbocycles. The number of amides is 2. The van der Waals surface area contributed by atoms with Gasteiger partial charge in [0, 0.05) is 17.0 Å². The van der Waals surface area contributed by atoms with Crippen LogP contribution in [0.5, 0.6) is 0 Å². The molecular formula is C17H18N2O2S. The van der Waals surface area contributed by atoms with Crippen molar-refractivity contribution in [3.8, 4) is 0 Å². The summed E-state index contributed by atoms with van der Waals surface area (Å²) in [6.07, 6.45) is 0. The molecule has 4 nitrogen and oxygen atoms in total. The van der Waals surface area contributed by atoms with E-state index in [4.69, 9.17) is 5.73 Å². The van der Waals surface area contributed by atoms with Crippen molar-refractivity contribution in [1.29, 1.82) is 0 Å². The summed E-state index contributed by atoms with van der Waals surface area (Å²) in [6, 6.07) is 15.1. The summed E-state index contributed by atoms with van der Waals surface area (Å²) in [5, 5.41) is 2.82. The van der Waals surface area contributed by atoms with Crippen LogP contribution in [-0.4, -0.2) is 17.6 Å². The van der Waals surface area contributed by atoms with Crippen molar-refractivity contribution in [2.45, 2.75) is 12.7 Å². The molecule has 5 heteroatoms. The molecule has 0 atom stereocenters. The highest BCUT2D eigenvalue weighted by Gasteiger charge is 2.10. The number of hydrogen-bond acceptors (Lipinski definition) is 3. The molecule has 0 unspecified atom stereocenters. The third-order valence-corrected chi connectivity index (χ3v) is 4.22. The highest BCUT2D eigenvalue weighted by Crippen LogP contribution is 2.19. The van der Waals surface area contributed by atoms with Crippen LogP contribution in [0.4, 0.5) is 5.69 Å². The predicted molar refractivity (Wildman–Crippen MR) is 90.9 cm³/mol. The number of carbonyl (C=O) groups excluding carboxylic acids is 2. The zero-order valence-corrected chi connectivity index (χ0v) is 13.2. The van der Waals surface area contributed by atoms with Crippen LogP contribution in [-0.2, 0) is 10.5 Å². The third kappa shape index (κ3) is 4.36. The number of hydrogen-bond donors (Lipinski definition) is 2. The fourth-order valence-corrected chi connectivity index (χ4v) is 2.85. The normalized spacial score (nSPS) is 10.2. The Labute approximate surface area is 134 Å². The zero-order valence-electron chi connectivity index (χ0n) is 12.3. The number of benzene rings is 2. The molecule has 0 fully saturated rings. The zero-order chi connectivity index (χ0) is 15.9. The van der Waals surface area contributed by atoms with Crippen LogP contribution >= 0.6 is 11.8 Å². The van der Waals surface area contributed by atoms with Gasteiger partial charge >= 0.3 is 0 Å². The van der Waals surface area contributed by atoms with Crippen molar-refractivity contribution in [2.75, 3.05) is 11.1 Å². The van der Waals surface area contributed by atoms with Gasteiger partial charge in [0.1, 0.15) is 0 Å². The van der Waals surface area contributed by atoms with Crippen molar-refractivity contribution in [3.63, 3.8) is 0 Å². The minimum absolute atomic E-state index is 0.0920. The first-order valence-electron chi connectivity index (χ1n) is 6.89. The quantitative estimate of drug-likeness (QED) is 0.861. The fraction of sp³-hybridized carbons (Fsp3) is 0.176. The van der Waals surface area contributed by atoms with Gasteiger partial charge in [-0.1, -0.05) is 36.4 Å². The summed E-state index contributed by atoms with van der Waals surface area (Å²) in [5.74, 6) is 0.557. The Morgan fingerprint density at radius 2 is 1.82 bits per heavy atom. The molecule has 0 radical (unpaired) electrons. The second-order valence-electron chi connectivity index (χ2n) is 4.87. The smallest absolute Gasteiger partial charge is 0.249 e. The van der Waals surface area contributed by atoms with Crippen LogP contribution in [0.3, 0.4) is 0 Å². The molecule has 0 bridgehead atoms. The van der Waals surface area contributed by atoms with Crippen LogP contribution in [0.25, 0.3) is 0 Å². The van der Waals surface area contributed by atoms with E-state index in [0.717, 1.165) is 5.75 Å². The molecule has 0 aliphatic heterocycles. The molecule has 0 saturated carbocycles. The summed E-state index contributed by atoms with van der Waals surface area (Å²) in [7, 11) is 0. The number of anilines is 1. The van der Waals surface area contributed by atoms with E-state index in [1.807, 2.05) is 30.3 Å². The standard InChI is InChI=1S/C17H18N2O2S/c1-12-14(17(18)21)8-5-9-15(12)19-16(20)11-22-10-13-6-3-2-4-7-13/h2-9H,10-11H2,1H3,(H2,18,21)(H,19,20). The lowest BCUT2D eigenvalue weighted by molar-refractivity contribution is -0.113. The van der Waals surface area contributed by atoms with Crippen LogP contribution in [0, 0.1) is 6.92 Å². The minimum Gasteiger partial charge on any atom is -0.366 e. The van der Waals surface area contributed by atoms with E-state index in [1.54, 1.807) is 36.9 Å². The Morgan fingerprint density at radius 1 is 1.09 bits per heavy atom. The second-order valence-corrected chi connectivity index (χ2v) is 5.85. The second kappa shape index (κ2) is 7.66. The Kier molecular flexibility index (Phi) is 5.61. The van der Waals surface area contributed by atoms with Gasteiger partial charge in [0.05, 0.1) is 5.75 Å². The number of rotatable bonds is 6. The first kappa shape index (κ1) is 16.1. The third-order valence-electron chi connectivity index (χ3n) is 3.22. The maximum atomic E-state index is 12.0. The molecule has 2 amide bonds. The van der Waals surface area contributed by atoms with Crippen molar-refractivity contribution < 1.29 is 9.59 Å². The van der Waals surface area contributed by atoms with E-state index in [-0.39, 0.29) is 5.91 Å². The molecule has 0 aliphatic rings. The number of nitrogens with one attached hydrogen (secondary N) is 1. The number of nitrogens with two attached hydrogens (primary N) is 1. The Hall–Kier alpha value is -2.27. The van der Waals surface area contributed by atoms with Crippen LogP contribution in [0.2, 0.25) is 0 Å². The molecule has 3 N–H and O–H groups in total. The Bertz CT molecular complexity index is 672. The van der Waals surface area contributed by atoms with Gasteiger partial charge in [0.2, 0.25) is 11.8 Å². The maximum absolute atomic E-state index is 12.0. The lowest BCUT2D eigenvalue weighted by atomic mass is 10.1. The summed E-state index contributed by atoms with van der Waals surface area (Å²) in [4.78, 5) is 23.3. The maximum Gasteiger partial charge on any atom is 0.249 e. The van der Waals surface area contributed by atoms with E-state index >= 15 is 0 Å². The first-order valence-corrected chi connectivity index (χ1v) is 8.04. The molecule has 0 heterocycles. The number of thioether (sulfide) groups is 1. The highest BCUT2D eigenvalue weighted by atomic mass is 32.2. The number of carbonyl (C=O) groups is 2. The van der Waals surface area contributed by atoms with Crippen LogP contribution < -0.4 is 11.1 Å².